The van der Waals surface area contributed by atoms with E-state index in [2.05, 4.69) is 29.4 Å². The van der Waals surface area contributed by atoms with Crippen LogP contribution in [-0.4, -0.2) is 30.4 Å². The molecule has 1 amide bonds. The molecule has 0 unspecified atom stereocenters. The first-order valence-corrected chi connectivity index (χ1v) is 9.76. The predicted octanol–water partition coefficient (Wildman–Crippen LogP) is 4.80. The number of carbonyl (C=O) groups is 1. The van der Waals surface area contributed by atoms with Gasteiger partial charge in [0.1, 0.15) is 5.82 Å². The van der Waals surface area contributed by atoms with E-state index in [-0.39, 0.29) is 42.2 Å². The van der Waals surface area contributed by atoms with Crippen LogP contribution in [-0.2, 0) is 19.5 Å². The first-order chi connectivity index (χ1) is 13.1. The van der Waals surface area contributed by atoms with Crippen LogP contribution in [0.4, 0.5) is 10.1 Å². The number of rotatable bonds is 7. The molecule has 0 spiro atoms. The minimum atomic E-state index is -0.308. The Hall–Kier alpha value is -1.66. The number of nitrogens with zero attached hydrogens (tertiary/aromatic N) is 1. The maximum absolute atomic E-state index is 14.7. The lowest BCUT2D eigenvalue weighted by atomic mass is 9.99. The Kier molecular flexibility index (Phi) is 10.6. The van der Waals surface area contributed by atoms with Crippen molar-refractivity contribution in [3.63, 3.8) is 0 Å². The van der Waals surface area contributed by atoms with Gasteiger partial charge in [0, 0.05) is 18.7 Å². The van der Waals surface area contributed by atoms with Gasteiger partial charge in [-0.3, -0.25) is 9.69 Å². The third-order valence-electron chi connectivity index (χ3n) is 5.07. The topological polar surface area (TPSA) is 44.4 Å². The van der Waals surface area contributed by atoms with Gasteiger partial charge >= 0.3 is 0 Å². The number of hydrogen-bond acceptors (Lipinski definition) is 3. The van der Waals surface area contributed by atoms with Crippen molar-refractivity contribution in [1.82, 2.24) is 10.2 Å². The molecule has 0 radical (unpaired) electrons. The third kappa shape index (κ3) is 6.41. The van der Waals surface area contributed by atoms with Gasteiger partial charge in [-0.2, -0.15) is 0 Å². The van der Waals surface area contributed by atoms with Crippen molar-refractivity contribution in [2.24, 2.45) is 0 Å². The van der Waals surface area contributed by atoms with Crippen molar-refractivity contribution >= 4 is 36.4 Å². The Morgan fingerprint density at radius 3 is 2.52 bits per heavy atom. The van der Waals surface area contributed by atoms with Crippen LogP contribution in [0.15, 0.2) is 36.4 Å². The van der Waals surface area contributed by atoms with E-state index in [1.165, 1.54) is 5.56 Å². The van der Waals surface area contributed by atoms with Gasteiger partial charge in [-0.25, -0.2) is 4.39 Å². The summed E-state index contributed by atoms with van der Waals surface area (Å²) in [7, 11) is 0. The van der Waals surface area contributed by atoms with Gasteiger partial charge in [-0.05, 0) is 67.4 Å². The molecule has 0 atom stereocenters. The second kappa shape index (κ2) is 12.1. The first-order valence-electron chi connectivity index (χ1n) is 9.76. The fourth-order valence-corrected chi connectivity index (χ4v) is 3.51. The van der Waals surface area contributed by atoms with E-state index in [4.69, 9.17) is 0 Å². The molecule has 0 fully saturated rings. The summed E-state index contributed by atoms with van der Waals surface area (Å²) in [6.45, 7) is 8.70. The molecule has 0 aliphatic carbocycles. The summed E-state index contributed by atoms with van der Waals surface area (Å²) in [5.41, 5.74) is 3.64. The van der Waals surface area contributed by atoms with Gasteiger partial charge in [0.05, 0.1) is 5.69 Å². The Morgan fingerprint density at radius 1 is 1.14 bits per heavy atom. The molecule has 0 saturated carbocycles. The smallest absolute Gasteiger partial charge is 0.255 e. The number of carbonyl (C=O) groups excluding carboxylic acids is 1. The van der Waals surface area contributed by atoms with Gasteiger partial charge in [-0.15, -0.1) is 24.8 Å². The minimum absolute atomic E-state index is 0. The van der Waals surface area contributed by atoms with Gasteiger partial charge in [0.25, 0.3) is 5.91 Å². The average Bonchev–Trinajstić information content (AvgIpc) is 2.70. The molecule has 0 bridgehead atoms. The van der Waals surface area contributed by atoms with E-state index in [1.54, 1.807) is 6.07 Å². The number of benzene rings is 2. The summed E-state index contributed by atoms with van der Waals surface area (Å²) in [5.74, 6) is -0.590. The Morgan fingerprint density at radius 2 is 1.86 bits per heavy atom. The fraction of sp³-hybridized carbons (Fsp3) is 0.409. The molecule has 1 aliphatic rings. The summed E-state index contributed by atoms with van der Waals surface area (Å²) >= 11 is 0. The number of amides is 1. The summed E-state index contributed by atoms with van der Waals surface area (Å²) in [4.78, 5) is 14.9. The molecular weight excluding hydrogens is 412 g/mol. The van der Waals surface area contributed by atoms with E-state index < -0.39 is 0 Å². The van der Waals surface area contributed by atoms with Gasteiger partial charge in [0.2, 0.25) is 0 Å². The summed E-state index contributed by atoms with van der Waals surface area (Å²) in [6, 6.07) is 11.1. The molecule has 2 N–H and O–H groups in total. The van der Waals surface area contributed by atoms with Crippen LogP contribution in [0, 0.1) is 5.82 Å². The standard InChI is InChI=1S/C22H28FN3O.2ClH/c1-3-13-26(4-2)15-16-5-7-17(8-6-16)22(27)25-20-10-9-18-14-24-12-11-19(18)21(20)23;;/h5-10,24H,3-4,11-15H2,1-2H3,(H,25,27);2*1H. The maximum Gasteiger partial charge on any atom is 0.255 e. The molecule has 0 aromatic heterocycles. The zero-order valence-corrected chi connectivity index (χ0v) is 18.6. The van der Waals surface area contributed by atoms with Crippen LogP contribution in [0.3, 0.4) is 0 Å². The fourth-order valence-electron chi connectivity index (χ4n) is 3.51. The largest absolute Gasteiger partial charge is 0.319 e. The first kappa shape index (κ1) is 25.4. The quantitative estimate of drug-likeness (QED) is 0.648. The number of nitrogens with one attached hydrogen (secondary N) is 2. The van der Waals surface area contributed by atoms with Crippen molar-refractivity contribution in [1.29, 1.82) is 0 Å². The SMILES string of the molecule is CCCN(CC)Cc1ccc(C(=O)Nc2ccc3c(c2F)CCNC3)cc1.Cl.Cl. The van der Waals surface area contributed by atoms with E-state index >= 15 is 0 Å². The molecule has 7 heteroatoms. The lowest BCUT2D eigenvalue weighted by Crippen LogP contribution is -2.25. The Balaban J connectivity index is 0.00000210. The molecule has 2 aromatic rings. The van der Waals surface area contributed by atoms with Crippen molar-refractivity contribution in [2.75, 3.05) is 25.0 Å². The monoisotopic (exact) mass is 441 g/mol. The number of anilines is 1. The number of fused-ring (bicyclic) bond motifs is 1. The summed E-state index contributed by atoms with van der Waals surface area (Å²) in [5, 5.41) is 5.95. The lowest BCUT2D eigenvalue weighted by Gasteiger charge is -2.20. The number of halogens is 3. The lowest BCUT2D eigenvalue weighted by molar-refractivity contribution is 0.102. The van der Waals surface area contributed by atoms with Crippen LogP contribution < -0.4 is 10.6 Å². The van der Waals surface area contributed by atoms with E-state index in [9.17, 15) is 9.18 Å². The molecule has 160 valence electrons. The van der Waals surface area contributed by atoms with E-state index in [0.29, 0.717) is 24.1 Å². The van der Waals surface area contributed by atoms with E-state index in [1.807, 2.05) is 30.3 Å². The highest BCUT2D eigenvalue weighted by atomic mass is 35.5. The van der Waals surface area contributed by atoms with Gasteiger partial charge in [-0.1, -0.05) is 32.0 Å². The van der Waals surface area contributed by atoms with Gasteiger partial charge < -0.3 is 10.6 Å². The molecule has 1 aliphatic heterocycles. The van der Waals surface area contributed by atoms with Crippen molar-refractivity contribution < 1.29 is 9.18 Å². The van der Waals surface area contributed by atoms with Crippen molar-refractivity contribution in [3.8, 4) is 0 Å². The highest BCUT2D eigenvalue weighted by Gasteiger charge is 2.18. The second-order valence-electron chi connectivity index (χ2n) is 7.01. The molecule has 0 saturated heterocycles. The predicted molar refractivity (Wildman–Crippen MR) is 122 cm³/mol. The summed E-state index contributed by atoms with van der Waals surface area (Å²) in [6.07, 6.45) is 1.77. The van der Waals surface area contributed by atoms with Gasteiger partial charge in [0.15, 0.2) is 0 Å². The number of hydrogen-bond donors (Lipinski definition) is 2. The zero-order chi connectivity index (χ0) is 19.2. The van der Waals surface area contributed by atoms with Crippen LogP contribution >= 0.6 is 24.8 Å². The molecule has 3 rings (SSSR count). The minimum Gasteiger partial charge on any atom is -0.319 e. The molecule has 4 nitrogen and oxygen atoms in total. The molecular formula is C22H30Cl2FN3O. The van der Waals surface area contributed by atoms with Crippen molar-refractivity contribution in [3.05, 3.63) is 64.5 Å². The molecule has 2 aromatic carbocycles. The third-order valence-corrected chi connectivity index (χ3v) is 5.07. The van der Waals surface area contributed by atoms with Crippen LogP contribution in [0.2, 0.25) is 0 Å². The van der Waals surface area contributed by atoms with E-state index in [0.717, 1.165) is 38.2 Å². The molecule has 1 heterocycles. The van der Waals surface area contributed by atoms with Crippen molar-refractivity contribution in [2.45, 2.75) is 39.8 Å². The highest BCUT2D eigenvalue weighted by Crippen LogP contribution is 2.25. The second-order valence-corrected chi connectivity index (χ2v) is 7.01. The summed E-state index contributed by atoms with van der Waals surface area (Å²) < 4.78 is 14.7. The highest BCUT2D eigenvalue weighted by molar-refractivity contribution is 6.04. The molecule has 29 heavy (non-hydrogen) atoms. The van der Waals surface area contributed by atoms with Crippen LogP contribution in [0.5, 0.6) is 0 Å². The Labute approximate surface area is 185 Å². The average molecular weight is 442 g/mol. The van der Waals surface area contributed by atoms with Crippen LogP contribution in [0.25, 0.3) is 0 Å². The van der Waals surface area contributed by atoms with Crippen LogP contribution in [0.1, 0.15) is 47.3 Å². The maximum atomic E-state index is 14.7. The Bertz CT molecular complexity index is 799. The normalized spacial score (nSPS) is 12.6. The zero-order valence-electron chi connectivity index (χ0n) is 17.0.